The van der Waals surface area contributed by atoms with Crippen LogP contribution in [0.25, 0.3) is 10.8 Å². The zero-order chi connectivity index (χ0) is 20.6. The lowest BCUT2D eigenvalue weighted by Crippen LogP contribution is -2.46. The highest BCUT2D eigenvalue weighted by atomic mass is 16.5. The van der Waals surface area contributed by atoms with Crippen LogP contribution in [0.4, 0.5) is 0 Å². The molecule has 1 saturated carbocycles. The summed E-state index contributed by atoms with van der Waals surface area (Å²) in [7, 11) is 0. The Morgan fingerprint density at radius 1 is 0.967 bits per heavy atom. The van der Waals surface area contributed by atoms with E-state index in [0.717, 1.165) is 5.56 Å². The first-order valence-corrected chi connectivity index (χ1v) is 11.3. The van der Waals surface area contributed by atoms with Gasteiger partial charge in [0.05, 0.1) is 13.2 Å². The largest absolute Gasteiger partial charge is 0.380 e. The predicted molar refractivity (Wildman–Crippen MR) is 122 cm³/mol. The normalized spacial score (nSPS) is 24.3. The maximum absolute atomic E-state index is 10.5. The molecule has 0 amide bonds. The summed E-state index contributed by atoms with van der Waals surface area (Å²) in [4.78, 5) is 0. The fourth-order valence-corrected chi connectivity index (χ4v) is 5.24. The van der Waals surface area contributed by atoms with Gasteiger partial charge >= 0.3 is 0 Å². The Kier molecular flexibility index (Phi) is 5.36. The van der Waals surface area contributed by atoms with Crippen molar-refractivity contribution in [1.82, 2.24) is 5.32 Å². The number of aliphatic hydroxyl groups is 1. The van der Waals surface area contributed by atoms with Crippen molar-refractivity contribution in [2.75, 3.05) is 13.2 Å². The molecule has 0 spiro atoms. The van der Waals surface area contributed by atoms with E-state index in [2.05, 4.69) is 79.0 Å². The molecule has 0 radical (unpaired) electrons. The maximum Gasteiger partial charge on any atom is 0.136 e. The highest BCUT2D eigenvalue weighted by Crippen LogP contribution is 2.36. The lowest BCUT2D eigenvalue weighted by Gasteiger charge is -2.37. The van der Waals surface area contributed by atoms with Crippen molar-refractivity contribution in [3.05, 3.63) is 83.4 Å². The van der Waals surface area contributed by atoms with Gasteiger partial charge < -0.3 is 15.2 Å². The quantitative estimate of drug-likeness (QED) is 0.599. The number of fused-ring (bicyclic) bond motifs is 1. The van der Waals surface area contributed by atoms with Crippen LogP contribution < -0.4 is 5.32 Å². The fraction of sp³-hybridized carbons (Fsp3) is 0.407. The number of ether oxygens (including phenoxy) is 1. The molecule has 3 aromatic carbocycles. The second-order valence-electron chi connectivity index (χ2n) is 9.16. The molecule has 0 bridgehead atoms. The summed E-state index contributed by atoms with van der Waals surface area (Å²) in [6, 6.07) is 24.8. The molecule has 1 heterocycles. The Morgan fingerprint density at radius 2 is 1.73 bits per heavy atom. The van der Waals surface area contributed by atoms with Crippen LogP contribution in [-0.2, 0) is 10.3 Å². The number of hydrogen-bond donors (Lipinski definition) is 2. The highest BCUT2D eigenvalue weighted by molar-refractivity contribution is 5.86. The van der Waals surface area contributed by atoms with Crippen molar-refractivity contribution < 1.29 is 9.84 Å². The molecule has 0 aromatic heterocycles. The molecular weight excluding hydrogens is 370 g/mol. The molecule has 3 heteroatoms. The first kappa shape index (κ1) is 19.7. The van der Waals surface area contributed by atoms with Crippen LogP contribution in [0.15, 0.2) is 66.7 Å². The fourth-order valence-electron chi connectivity index (χ4n) is 5.24. The van der Waals surface area contributed by atoms with Crippen molar-refractivity contribution in [1.29, 1.82) is 0 Å². The highest BCUT2D eigenvalue weighted by Gasteiger charge is 2.38. The van der Waals surface area contributed by atoms with Crippen LogP contribution in [0.2, 0.25) is 0 Å². The molecule has 1 saturated heterocycles. The third-order valence-corrected chi connectivity index (χ3v) is 7.05. The molecule has 2 N–H and O–H groups in total. The summed E-state index contributed by atoms with van der Waals surface area (Å²) >= 11 is 0. The second-order valence-corrected chi connectivity index (χ2v) is 9.16. The van der Waals surface area contributed by atoms with Crippen LogP contribution in [0.5, 0.6) is 0 Å². The molecule has 156 valence electrons. The topological polar surface area (TPSA) is 41.5 Å². The van der Waals surface area contributed by atoms with Gasteiger partial charge in [0.25, 0.3) is 0 Å². The van der Waals surface area contributed by atoms with E-state index < -0.39 is 5.60 Å². The zero-order valence-electron chi connectivity index (χ0n) is 17.7. The van der Waals surface area contributed by atoms with Gasteiger partial charge in [-0.1, -0.05) is 73.2 Å². The zero-order valence-corrected chi connectivity index (χ0v) is 17.7. The summed E-state index contributed by atoms with van der Waals surface area (Å²) in [6.07, 6.45) is 4.90. The summed E-state index contributed by atoms with van der Waals surface area (Å²) < 4.78 is 5.19. The van der Waals surface area contributed by atoms with E-state index in [-0.39, 0.29) is 0 Å². The Hall–Kier alpha value is -2.20. The Balaban J connectivity index is 1.27. The number of nitrogens with one attached hydrogen (secondary N) is 1. The van der Waals surface area contributed by atoms with Crippen LogP contribution >= 0.6 is 0 Å². The van der Waals surface area contributed by atoms with Gasteiger partial charge in [0, 0.05) is 12.1 Å². The van der Waals surface area contributed by atoms with Crippen LogP contribution in [0.3, 0.4) is 0 Å². The van der Waals surface area contributed by atoms with Crippen molar-refractivity contribution in [2.45, 2.75) is 56.2 Å². The third-order valence-electron chi connectivity index (χ3n) is 7.05. The van der Waals surface area contributed by atoms with E-state index in [1.807, 2.05) is 0 Å². The Morgan fingerprint density at radius 3 is 2.50 bits per heavy atom. The lowest BCUT2D eigenvalue weighted by molar-refractivity contribution is -0.184. The average molecular weight is 402 g/mol. The van der Waals surface area contributed by atoms with Gasteiger partial charge in [0.2, 0.25) is 0 Å². The van der Waals surface area contributed by atoms with Gasteiger partial charge in [0.1, 0.15) is 5.60 Å². The minimum absolute atomic E-state index is 0.329. The summed E-state index contributed by atoms with van der Waals surface area (Å²) in [6.45, 7) is 3.11. The minimum atomic E-state index is -0.775. The minimum Gasteiger partial charge on any atom is -0.380 e. The first-order chi connectivity index (χ1) is 14.6. The van der Waals surface area contributed by atoms with E-state index in [4.69, 9.17) is 4.74 Å². The molecule has 1 aliphatic carbocycles. The van der Waals surface area contributed by atoms with Crippen molar-refractivity contribution in [3.8, 4) is 0 Å². The van der Waals surface area contributed by atoms with E-state index in [1.54, 1.807) is 0 Å². The van der Waals surface area contributed by atoms with Crippen LogP contribution in [0.1, 0.15) is 61.3 Å². The molecule has 3 aromatic rings. The summed E-state index contributed by atoms with van der Waals surface area (Å²) in [5.41, 5.74) is 2.98. The summed E-state index contributed by atoms with van der Waals surface area (Å²) in [5, 5.41) is 17.1. The molecule has 3 atom stereocenters. The molecular formula is C27H31NO2. The lowest BCUT2D eigenvalue weighted by atomic mass is 9.80. The van der Waals surface area contributed by atoms with Gasteiger partial charge in [-0.25, -0.2) is 0 Å². The van der Waals surface area contributed by atoms with E-state index in [0.29, 0.717) is 31.2 Å². The molecule has 2 fully saturated rings. The van der Waals surface area contributed by atoms with Crippen molar-refractivity contribution in [3.63, 3.8) is 0 Å². The maximum atomic E-state index is 10.5. The molecule has 1 aliphatic heterocycles. The van der Waals surface area contributed by atoms with Crippen LogP contribution in [-0.4, -0.2) is 24.4 Å². The first-order valence-electron chi connectivity index (χ1n) is 11.3. The van der Waals surface area contributed by atoms with Gasteiger partial charge in [-0.2, -0.15) is 0 Å². The summed E-state index contributed by atoms with van der Waals surface area (Å²) in [5.74, 6) is 0.581. The van der Waals surface area contributed by atoms with Gasteiger partial charge in [-0.3, -0.25) is 0 Å². The molecule has 2 aliphatic rings. The number of hydrogen-bond acceptors (Lipinski definition) is 3. The monoisotopic (exact) mass is 401 g/mol. The van der Waals surface area contributed by atoms with E-state index in [9.17, 15) is 5.11 Å². The van der Waals surface area contributed by atoms with Crippen molar-refractivity contribution in [2.24, 2.45) is 0 Å². The van der Waals surface area contributed by atoms with Gasteiger partial charge in [-0.15, -0.1) is 0 Å². The third kappa shape index (κ3) is 3.78. The molecule has 3 nitrogen and oxygen atoms in total. The SMILES string of the molecule is C[C@@H](NC1CCCC(c2ccc(C3(O)COC3)cc2)C1)c1cccc2ccccc12. The number of benzene rings is 3. The predicted octanol–water partition coefficient (Wildman–Crippen LogP) is 5.43. The van der Waals surface area contributed by atoms with E-state index >= 15 is 0 Å². The Bertz CT molecular complexity index is 1000. The molecule has 2 unspecified atom stereocenters. The van der Waals surface area contributed by atoms with Crippen LogP contribution in [0, 0.1) is 0 Å². The Labute approximate surface area is 179 Å². The molecule has 30 heavy (non-hydrogen) atoms. The second kappa shape index (κ2) is 8.14. The standard InChI is InChI=1S/C27H31NO2/c1-19(25-11-5-7-21-6-2-3-10-26(21)25)28-24-9-4-8-22(16-24)20-12-14-23(15-13-20)27(29)17-30-18-27/h2-3,5-7,10-15,19,22,24,28-29H,4,8-9,16-18H2,1H3/t19-,22?,24?/m1/s1. The average Bonchev–Trinajstić information content (AvgIpc) is 2.77. The van der Waals surface area contributed by atoms with E-state index in [1.165, 1.54) is 47.6 Å². The van der Waals surface area contributed by atoms with Gasteiger partial charge in [0.15, 0.2) is 0 Å². The smallest absolute Gasteiger partial charge is 0.136 e. The number of rotatable bonds is 5. The molecule has 5 rings (SSSR count). The van der Waals surface area contributed by atoms with Gasteiger partial charge in [-0.05, 0) is 59.6 Å². The van der Waals surface area contributed by atoms with Crippen molar-refractivity contribution >= 4 is 10.8 Å².